The van der Waals surface area contributed by atoms with E-state index in [1.165, 1.54) is 12.1 Å². The molecule has 0 aromatic heterocycles. The molecule has 0 heterocycles. The molecule has 1 rings (SSSR count). The van der Waals surface area contributed by atoms with Crippen molar-refractivity contribution in [3.63, 3.8) is 0 Å². The Morgan fingerprint density at radius 3 is 2.50 bits per heavy atom. The number of aliphatic hydroxyl groups excluding tert-OH is 1. The second-order valence-electron chi connectivity index (χ2n) is 5.21. The molecule has 0 bridgehead atoms. The quantitative estimate of drug-likeness (QED) is 0.798. The highest BCUT2D eigenvalue weighted by atomic mass is 19.4. The highest BCUT2D eigenvalue weighted by molar-refractivity contribution is 5.89. The van der Waals surface area contributed by atoms with Crippen molar-refractivity contribution in [1.82, 2.24) is 5.32 Å². The minimum Gasteiger partial charge on any atom is -0.396 e. The van der Waals surface area contributed by atoms with Crippen LogP contribution in [0.5, 0.6) is 0 Å². The number of halogens is 3. The Kier molecular flexibility index (Phi) is 4.99. The lowest BCUT2D eigenvalue weighted by Gasteiger charge is -2.22. The fraction of sp³-hybridized carbons (Fsp3) is 0.462. The van der Waals surface area contributed by atoms with E-state index in [1.807, 2.05) is 0 Å². The number of hydrogen-bond acceptors (Lipinski definition) is 2. The summed E-state index contributed by atoms with van der Waals surface area (Å²) < 4.78 is 37.5. The van der Waals surface area contributed by atoms with Gasteiger partial charge in [-0.25, -0.2) is 4.79 Å². The largest absolute Gasteiger partial charge is 0.416 e. The van der Waals surface area contributed by atoms with Crippen LogP contribution in [0.3, 0.4) is 0 Å². The first-order valence-electron chi connectivity index (χ1n) is 5.97. The Morgan fingerprint density at radius 1 is 1.30 bits per heavy atom. The Bertz CT molecular complexity index is 473. The van der Waals surface area contributed by atoms with Gasteiger partial charge in [-0.3, -0.25) is 0 Å². The second-order valence-corrected chi connectivity index (χ2v) is 5.21. The first-order valence-corrected chi connectivity index (χ1v) is 5.97. The topological polar surface area (TPSA) is 61.4 Å². The number of hydrogen-bond donors (Lipinski definition) is 3. The van der Waals surface area contributed by atoms with E-state index in [0.29, 0.717) is 0 Å². The van der Waals surface area contributed by atoms with Gasteiger partial charge in [-0.05, 0) is 18.2 Å². The lowest BCUT2D eigenvalue weighted by molar-refractivity contribution is -0.137. The molecule has 0 fully saturated rings. The average Bonchev–Trinajstić information content (AvgIpc) is 2.36. The van der Waals surface area contributed by atoms with Gasteiger partial charge < -0.3 is 15.7 Å². The third kappa shape index (κ3) is 5.08. The molecular formula is C13H17F3N2O2. The molecule has 0 atom stereocenters. The van der Waals surface area contributed by atoms with Gasteiger partial charge in [0.1, 0.15) is 0 Å². The molecule has 0 saturated heterocycles. The fourth-order valence-corrected chi connectivity index (χ4v) is 1.32. The zero-order chi connectivity index (χ0) is 15.4. The van der Waals surface area contributed by atoms with Crippen molar-refractivity contribution in [1.29, 1.82) is 0 Å². The summed E-state index contributed by atoms with van der Waals surface area (Å²) in [5.74, 6) is 0. The summed E-state index contributed by atoms with van der Waals surface area (Å²) >= 11 is 0. The van der Waals surface area contributed by atoms with Gasteiger partial charge in [0.2, 0.25) is 0 Å². The third-order valence-corrected chi connectivity index (χ3v) is 2.60. The van der Waals surface area contributed by atoms with E-state index in [4.69, 9.17) is 5.11 Å². The van der Waals surface area contributed by atoms with Crippen LogP contribution in [0.2, 0.25) is 0 Å². The molecule has 4 nitrogen and oxygen atoms in total. The maximum absolute atomic E-state index is 12.5. The van der Waals surface area contributed by atoms with Crippen LogP contribution in [0, 0.1) is 5.41 Å². The lowest BCUT2D eigenvalue weighted by Crippen LogP contribution is -2.38. The maximum Gasteiger partial charge on any atom is 0.416 e. The van der Waals surface area contributed by atoms with Gasteiger partial charge in [0.25, 0.3) is 0 Å². The van der Waals surface area contributed by atoms with Crippen LogP contribution in [0.25, 0.3) is 0 Å². The van der Waals surface area contributed by atoms with Crippen molar-refractivity contribution in [3.8, 4) is 0 Å². The van der Waals surface area contributed by atoms with Crippen LogP contribution in [-0.2, 0) is 6.18 Å². The molecule has 1 aromatic carbocycles. The van der Waals surface area contributed by atoms with Crippen LogP contribution >= 0.6 is 0 Å². The minimum absolute atomic E-state index is 0.0547. The van der Waals surface area contributed by atoms with Gasteiger partial charge in [-0.15, -0.1) is 0 Å². The zero-order valence-corrected chi connectivity index (χ0v) is 11.2. The summed E-state index contributed by atoms with van der Waals surface area (Å²) in [6.07, 6.45) is -4.45. The summed E-state index contributed by atoms with van der Waals surface area (Å²) in [5, 5.41) is 13.8. The fourth-order valence-electron chi connectivity index (χ4n) is 1.32. The van der Waals surface area contributed by atoms with E-state index in [1.54, 1.807) is 13.8 Å². The highest BCUT2D eigenvalue weighted by Crippen LogP contribution is 2.30. The van der Waals surface area contributed by atoms with Gasteiger partial charge in [0, 0.05) is 24.3 Å². The summed E-state index contributed by atoms with van der Waals surface area (Å²) in [5.41, 5.74) is -1.27. The molecule has 0 spiro atoms. The van der Waals surface area contributed by atoms with Crippen molar-refractivity contribution in [2.45, 2.75) is 20.0 Å². The van der Waals surface area contributed by atoms with Crippen LogP contribution in [0.1, 0.15) is 19.4 Å². The normalized spacial score (nSPS) is 12.1. The standard InChI is InChI=1S/C13H17F3N2O2/c1-12(2,8-19)7-17-11(20)18-10-5-3-4-9(6-10)13(14,15)16/h3-6,19H,7-8H2,1-2H3,(H2,17,18,20). The number of urea groups is 1. The number of aliphatic hydroxyl groups is 1. The monoisotopic (exact) mass is 290 g/mol. The number of alkyl halides is 3. The van der Waals surface area contributed by atoms with Gasteiger partial charge in [0.15, 0.2) is 0 Å². The van der Waals surface area contributed by atoms with Crippen LogP contribution in [0.4, 0.5) is 23.7 Å². The number of carbonyl (C=O) groups excluding carboxylic acids is 1. The number of amides is 2. The number of benzene rings is 1. The van der Waals surface area contributed by atoms with Gasteiger partial charge in [-0.1, -0.05) is 19.9 Å². The van der Waals surface area contributed by atoms with E-state index in [9.17, 15) is 18.0 Å². The predicted molar refractivity (Wildman–Crippen MR) is 69.3 cm³/mol. The summed E-state index contributed by atoms with van der Waals surface area (Å²) in [4.78, 5) is 11.6. The molecule has 0 saturated carbocycles. The van der Waals surface area contributed by atoms with Crippen molar-refractivity contribution in [2.75, 3.05) is 18.5 Å². The molecule has 7 heteroatoms. The summed E-state index contributed by atoms with van der Waals surface area (Å²) in [6.45, 7) is 3.58. The SMILES string of the molecule is CC(C)(CO)CNC(=O)Nc1cccc(C(F)(F)F)c1. The van der Waals surface area contributed by atoms with Crippen molar-refractivity contribution in [2.24, 2.45) is 5.41 Å². The van der Waals surface area contributed by atoms with Crippen LogP contribution < -0.4 is 10.6 Å². The first-order chi connectivity index (χ1) is 9.14. The number of anilines is 1. The number of nitrogens with one attached hydrogen (secondary N) is 2. The van der Waals surface area contributed by atoms with Crippen molar-refractivity contribution >= 4 is 11.7 Å². The van der Waals surface area contributed by atoms with Gasteiger partial charge >= 0.3 is 12.2 Å². The zero-order valence-electron chi connectivity index (χ0n) is 11.2. The molecule has 20 heavy (non-hydrogen) atoms. The average molecular weight is 290 g/mol. The van der Waals surface area contributed by atoms with Crippen LogP contribution in [-0.4, -0.2) is 24.3 Å². The molecule has 0 radical (unpaired) electrons. The van der Waals surface area contributed by atoms with Gasteiger partial charge in [-0.2, -0.15) is 13.2 Å². The third-order valence-electron chi connectivity index (χ3n) is 2.60. The second kappa shape index (κ2) is 6.13. The predicted octanol–water partition coefficient (Wildman–Crippen LogP) is 2.85. The summed E-state index contributed by atoms with van der Waals surface area (Å²) in [7, 11) is 0. The molecule has 0 aliphatic heterocycles. The molecule has 112 valence electrons. The van der Waals surface area contributed by atoms with Crippen LogP contribution in [0.15, 0.2) is 24.3 Å². The number of rotatable bonds is 4. The molecule has 3 N–H and O–H groups in total. The van der Waals surface area contributed by atoms with E-state index in [2.05, 4.69) is 10.6 Å². The molecule has 0 unspecified atom stereocenters. The molecule has 0 aliphatic carbocycles. The van der Waals surface area contributed by atoms with Crippen molar-refractivity contribution < 1.29 is 23.1 Å². The van der Waals surface area contributed by atoms with E-state index in [-0.39, 0.29) is 18.8 Å². The summed E-state index contributed by atoms with van der Waals surface area (Å²) in [6, 6.07) is 3.75. The molecule has 2 amide bonds. The molecule has 1 aromatic rings. The Balaban J connectivity index is 2.63. The lowest BCUT2D eigenvalue weighted by atomic mass is 9.95. The van der Waals surface area contributed by atoms with E-state index < -0.39 is 23.2 Å². The number of carbonyl (C=O) groups is 1. The van der Waals surface area contributed by atoms with Gasteiger partial charge in [0.05, 0.1) is 5.56 Å². The van der Waals surface area contributed by atoms with E-state index >= 15 is 0 Å². The highest BCUT2D eigenvalue weighted by Gasteiger charge is 2.30. The minimum atomic E-state index is -4.45. The van der Waals surface area contributed by atoms with E-state index in [0.717, 1.165) is 12.1 Å². The molecule has 0 aliphatic rings. The molecular weight excluding hydrogens is 273 g/mol. The van der Waals surface area contributed by atoms with Crippen molar-refractivity contribution in [3.05, 3.63) is 29.8 Å². The smallest absolute Gasteiger partial charge is 0.396 e. The first kappa shape index (κ1) is 16.3. The maximum atomic E-state index is 12.5. The Morgan fingerprint density at radius 2 is 1.95 bits per heavy atom. The Hall–Kier alpha value is -1.76. The Labute approximate surface area is 115 Å².